The van der Waals surface area contributed by atoms with Crippen LogP contribution in [0.2, 0.25) is 0 Å². The van der Waals surface area contributed by atoms with Crippen molar-refractivity contribution in [2.45, 2.75) is 38.8 Å². The number of aliphatic hydroxyl groups is 1. The number of aliphatic hydroxyl groups excluding tert-OH is 1. The number of rotatable bonds is 4. The van der Waals surface area contributed by atoms with E-state index in [-0.39, 0.29) is 37.5 Å². The van der Waals surface area contributed by atoms with Gasteiger partial charge < -0.3 is 14.9 Å². The van der Waals surface area contributed by atoms with Crippen LogP contribution < -0.4 is 10.2 Å². The molecule has 28 heavy (non-hydrogen) atoms. The number of nitrogens with one attached hydrogen (secondary N) is 1. The molecule has 1 aromatic carbocycles. The lowest BCUT2D eigenvalue weighted by Gasteiger charge is -2.46. The number of benzene rings is 1. The van der Waals surface area contributed by atoms with Gasteiger partial charge in [-0.05, 0) is 31.4 Å². The second-order valence-corrected chi connectivity index (χ2v) is 8.18. The number of urea groups is 1. The predicted molar refractivity (Wildman–Crippen MR) is 105 cm³/mol. The topological polar surface area (TPSA) is 79.4 Å². The number of amides is 3. The Balaban J connectivity index is 1.65. The Bertz CT molecular complexity index is 755. The summed E-state index contributed by atoms with van der Waals surface area (Å²) in [4.78, 5) is 33.3. The molecule has 4 atom stereocenters. The van der Waals surface area contributed by atoms with E-state index in [0.717, 1.165) is 18.8 Å². The summed E-state index contributed by atoms with van der Waals surface area (Å²) < 4.78 is 0. The third kappa shape index (κ3) is 3.05. The number of imide groups is 1. The number of nitrogens with zero attached hydrogens (tertiary/aromatic N) is 4. The largest absolute Gasteiger partial charge is 0.396 e. The van der Waals surface area contributed by atoms with Crippen molar-refractivity contribution in [2.75, 3.05) is 38.2 Å². The van der Waals surface area contributed by atoms with Crippen LogP contribution >= 0.6 is 0 Å². The van der Waals surface area contributed by atoms with Gasteiger partial charge in [0.15, 0.2) is 0 Å². The highest BCUT2D eigenvalue weighted by Crippen LogP contribution is 2.34. The van der Waals surface area contributed by atoms with Gasteiger partial charge in [-0.15, -0.1) is 0 Å². The molecule has 8 nitrogen and oxygen atoms in total. The van der Waals surface area contributed by atoms with Crippen molar-refractivity contribution in [2.24, 2.45) is 5.92 Å². The van der Waals surface area contributed by atoms with Gasteiger partial charge in [0.1, 0.15) is 18.5 Å². The number of carbonyl (C=O) groups excluding carboxylic acids is 2. The SMILES string of the molecule is Cc1ccc(N2CC(C)CN3C4C(=O)N(CCCO)C(=O)N(C)C4NC23)cc1. The highest BCUT2D eigenvalue weighted by atomic mass is 16.3. The quantitative estimate of drug-likeness (QED) is 0.788. The van der Waals surface area contributed by atoms with Crippen molar-refractivity contribution >= 4 is 17.6 Å². The Morgan fingerprint density at radius 3 is 2.57 bits per heavy atom. The van der Waals surface area contributed by atoms with Crippen molar-refractivity contribution < 1.29 is 14.7 Å². The Labute approximate surface area is 165 Å². The summed E-state index contributed by atoms with van der Waals surface area (Å²) in [7, 11) is 1.74. The molecule has 2 N–H and O–H groups in total. The van der Waals surface area contributed by atoms with Crippen molar-refractivity contribution in [1.29, 1.82) is 0 Å². The van der Waals surface area contributed by atoms with Crippen LogP contribution in [0.15, 0.2) is 24.3 Å². The van der Waals surface area contributed by atoms with Gasteiger partial charge in [0.05, 0.1) is 0 Å². The normalized spacial score (nSPS) is 30.6. The molecule has 0 aliphatic carbocycles. The van der Waals surface area contributed by atoms with E-state index >= 15 is 0 Å². The zero-order chi connectivity index (χ0) is 20.0. The predicted octanol–water partition coefficient (Wildman–Crippen LogP) is 0.611. The van der Waals surface area contributed by atoms with Crippen molar-refractivity contribution in [1.82, 2.24) is 20.0 Å². The van der Waals surface area contributed by atoms with Gasteiger partial charge >= 0.3 is 6.03 Å². The van der Waals surface area contributed by atoms with Gasteiger partial charge in [0, 0.05) is 39.0 Å². The third-order valence-electron chi connectivity index (χ3n) is 5.99. The van der Waals surface area contributed by atoms with Gasteiger partial charge in [-0.3, -0.25) is 19.9 Å². The lowest BCUT2D eigenvalue weighted by atomic mass is 10.0. The molecular formula is C20H29N5O3. The van der Waals surface area contributed by atoms with Crippen LogP contribution in [0.1, 0.15) is 18.9 Å². The average molecular weight is 387 g/mol. The fourth-order valence-electron chi connectivity index (χ4n) is 4.59. The van der Waals surface area contributed by atoms with Gasteiger partial charge in [0.2, 0.25) is 0 Å². The zero-order valence-corrected chi connectivity index (χ0v) is 16.7. The fraction of sp³-hybridized carbons (Fsp3) is 0.600. The first-order valence-corrected chi connectivity index (χ1v) is 9.96. The van der Waals surface area contributed by atoms with E-state index in [1.54, 1.807) is 11.9 Å². The van der Waals surface area contributed by atoms with E-state index in [4.69, 9.17) is 5.11 Å². The number of fused-ring (bicyclic) bond motifs is 3. The van der Waals surface area contributed by atoms with E-state index in [9.17, 15) is 9.59 Å². The Morgan fingerprint density at radius 2 is 1.89 bits per heavy atom. The summed E-state index contributed by atoms with van der Waals surface area (Å²) in [5, 5.41) is 12.7. The first-order chi connectivity index (χ1) is 13.4. The molecule has 1 aromatic rings. The molecule has 3 aliphatic rings. The molecule has 0 aromatic heterocycles. The third-order valence-corrected chi connectivity index (χ3v) is 5.99. The Kier molecular flexibility index (Phi) is 5.03. The minimum atomic E-state index is -0.415. The fourth-order valence-corrected chi connectivity index (χ4v) is 4.59. The van der Waals surface area contributed by atoms with Crippen LogP contribution in [0.25, 0.3) is 0 Å². The minimum Gasteiger partial charge on any atom is -0.396 e. The molecule has 8 heteroatoms. The van der Waals surface area contributed by atoms with E-state index < -0.39 is 6.04 Å². The van der Waals surface area contributed by atoms with E-state index in [1.807, 2.05) is 0 Å². The molecule has 0 radical (unpaired) electrons. The van der Waals surface area contributed by atoms with E-state index in [1.165, 1.54) is 10.5 Å². The molecule has 3 saturated heterocycles. The number of likely N-dealkylation sites (N-methyl/N-ethyl adjacent to an activating group) is 1. The number of carbonyl (C=O) groups is 2. The molecule has 3 fully saturated rings. The van der Waals surface area contributed by atoms with Crippen LogP contribution in [0.4, 0.5) is 10.5 Å². The smallest absolute Gasteiger partial charge is 0.327 e. The van der Waals surface area contributed by atoms with E-state index in [2.05, 4.69) is 53.2 Å². The summed E-state index contributed by atoms with van der Waals surface area (Å²) in [5.74, 6) is 0.217. The van der Waals surface area contributed by atoms with Crippen LogP contribution in [-0.4, -0.2) is 83.5 Å². The van der Waals surface area contributed by atoms with Crippen molar-refractivity contribution in [3.8, 4) is 0 Å². The first kappa shape index (κ1) is 19.2. The summed E-state index contributed by atoms with van der Waals surface area (Å²) in [5.41, 5.74) is 2.32. The van der Waals surface area contributed by atoms with Crippen LogP contribution in [0.3, 0.4) is 0 Å². The van der Waals surface area contributed by atoms with E-state index in [0.29, 0.717) is 12.3 Å². The van der Waals surface area contributed by atoms with Crippen molar-refractivity contribution in [3.05, 3.63) is 29.8 Å². The number of aryl methyl sites for hydroxylation is 1. The van der Waals surface area contributed by atoms with Gasteiger partial charge in [-0.2, -0.15) is 0 Å². The highest BCUT2D eigenvalue weighted by Gasteiger charge is 2.56. The molecule has 4 rings (SSSR count). The Hall–Kier alpha value is -2.16. The molecule has 3 amide bonds. The average Bonchev–Trinajstić information content (AvgIpc) is 3.06. The lowest BCUT2D eigenvalue weighted by molar-refractivity contribution is -0.139. The van der Waals surface area contributed by atoms with Gasteiger partial charge in [-0.25, -0.2) is 4.79 Å². The maximum atomic E-state index is 13.2. The minimum absolute atomic E-state index is 0.0440. The first-order valence-electron chi connectivity index (χ1n) is 9.96. The van der Waals surface area contributed by atoms with Crippen molar-refractivity contribution in [3.63, 3.8) is 0 Å². The second kappa shape index (κ2) is 7.35. The zero-order valence-electron chi connectivity index (χ0n) is 16.7. The maximum Gasteiger partial charge on any atom is 0.327 e. The summed E-state index contributed by atoms with van der Waals surface area (Å²) in [6, 6.07) is 7.69. The lowest BCUT2D eigenvalue weighted by Crippen LogP contribution is -2.66. The van der Waals surface area contributed by atoms with Crippen LogP contribution in [0, 0.1) is 12.8 Å². The molecule has 3 aliphatic heterocycles. The summed E-state index contributed by atoms with van der Waals surface area (Å²) in [6.07, 6.45) is -0.0922. The highest BCUT2D eigenvalue weighted by molar-refractivity contribution is 6.00. The number of anilines is 1. The number of hydrogen-bond acceptors (Lipinski definition) is 6. The molecule has 0 bridgehead atoms. The molecule has 0 saturated carbocycles. The summed E-state index contributed by atoms with van der Waals surface area (Å²) in [6.45, 7) is 6.14. The standard InChI is InChI=1S/C20H29N5O3/c1-13-5-7-15(8-6-13)24-11-14(2)12-25-16-17(21-19(24)25)22(3)20(28)23(18(16)27)9-4-10-26/h5-8,14,16-17,19,21,26H,4,9-12H2,1-3H3. The van der Waals surface area contributed by atoms with Gasteiger partial charge in [0.25, 0.3) is 5.91 Å². The number of hydrogen-bond donors (Lipinski definition) is 2. The molecule has 4 unspecified atom stereocenters. The molecule has 0 spiro atoms. The maximum absolute atomic E-state index is 13.2. The molecule has 152 valence electrons. The van der Waals surface area contributed by atoms with Crippen LogP contribution in [-0.2, 0) is 4.79 Å². The van der Waals surface area contributed by atoms with Gasteiger partial charge in [-0.1, -0.05) is 24.6 Å². The van der Waals surface area contributed by atoms with Crippen LogP contribution in [0.5, 0.6) is 0 Å². The Morgan fingerprint density at radius 1 is 1.18 bits per heavy atom. The monoisotopic (exact) mass is 387 g/mol. The molecule has 3 heterocycles. The molecular weight excluding hydrogens is 358 g/mol. The second-order valence-electron chi connectivity index (χ2n) is 8.18. The summed E-state index contributed by atoms with van der Waals surface area (Å²) >= 11 is 0.